The van der Waals surface area contributed by atoms with Crippen LogP contribution in [0.5, 0.6) is 0 Å². The molecule has 1 rings (SSSR count). The average Bonchev–Trinajstić information content (AvgIpc) is 2.32. The fourth-order valence-electron chi connectivity index (χ4n) is 2.15. The molecule has 0 bridgehead atoms. The quantitative estimate of drug-likeness (QED) is 0.613. The minimum absolute atomic E-state index is 0.171. The summed E-state index contributed by atoms with van der Waals surface area (Å²) in [5.74, 6) is -0.420. The van der Waals surface area contributed by atoms with Crippen molar-refractivity contribution in [2.75, 3.05) is 17.7 Å². The Kier molecular flexibility index (Phi) is 5.69. The number of ether oxygens (including phenoxy) is 1. The van der Waals surface area contributed by atoms with Gasteiger partial charge in [-0.2, -0.15) is 0 Å². The summed E-state index contributed by atoms with van der Waals surface area (Å²) >= 11 is 6.23. The number of nitrogens with one attached hydrogen (secondary N) is 1. The second-order valence-corrected chi connectivity index (χ2v) is 5.81. The van der Waals surface area contributed by atoms with E-state index in [0.29, 0.717) is 28.6 Å². The Morgan fingerprint density at radius 3 is 2.60 bits per heavy atom. The van der Waals surface area contributed by atoms with Gasteiger partial charge in [0.05, 0.1) is 22.9 Å². The summed E-state index contributed by atoms with van der Waals surface area (Å²) in [7, 11) is 0. The van der Waals surface area contributed by atoms with Gasteiger partial charge in [-0.25, -0.2) is 4.79 Å². The van der Waals surface area contributed by atoms with E-state index >= 15 is 0 Å². The number of nitrogens with two attached hydrogens (primary N) is 1. The molecule has 4 nitrogen and oxygen atoms in total. The van der Waals surface area contributed by atoms with Gasteiger partial charge in [0, 0.05) is 11.2 Å². The Morgan fingerprint density at radius 1 is 1.40 bits per heavy atom. The number of esters is 1. The average molecular weight is 299 g/mol. The molecule has 0 aromatic heterocycles. The van der Waals surface area contributed by atoms with Gasteiger partial charge in [0.15, 0.2) is 0 Å². The second-order valence-electron chi connectivity index (χ2n) is 5.40. The van der Waals surface area contributed by atoms with Crippen molar-refractivity contribution in [2.24, 2.45) is 0 Å². The predicted molar refractivity (Wildman–Crippen MR) is 84.4 cm³/mol. The van der Waals surface area contributed by atoms with Crippen molar-refractivity contribution in [1.82, 2.24) is 0 Å². The monoisotopic (exact) mass is 298 g/mol. The van der Waals surface area contributed by atoms with E-state index < -0.39 is 5.97 Å². The van der Waals surface area contributed by atoms with Crippen LogP contribution >= 0.6 is 11.6 Å². The molecule has 0 heterocycles. The maximum absolute atomic E-state index is 12.0. The molecule has 0 saturated carbocycles. The zero-order valence-electron chi connectivity index (χ0n) is 12.5. The van der Waals surface area contributed by atoms with Gasteiger partial charge in [-0.15, -0.1) is 0 Å². The molecule has 0 aliphatic rings. The molecule has 0 atom stereocenters. The van der Waals surface area contributed by atoms with Gasteiger partial charge in [-0.05, 0) is 39.3 Å². The molecule has 0 saturated heterocycles. The highest BCUT2D eigenvalue weighted by molar-refractivity contribution is 6.34. The third-order valence-electron chi connectivity index (χ3n) is 2.95. The molecule has 0 spiro atoms. The number of carbonyl (C=O) groups is 1. The molecule has 5 heteroatoms. The molecule has 0 unspecified atom stereocenters. The lowest BCUT2D eigenvalue weighted by Crippen LogP contribution is -2.31. The summed E-state index contributed by atoms with van der Waals surface area (Å²) in [6.45, 7) is 8.32. The SMILES string of the molecule is CCCC(C)(C)Nc1c(Cl)cc(N)cc1C(=O)OCC. The van der Waals surface area contributed by atoms with Crippen LogP contribution in [0.3, 0.4) is 0 Å². The number of halogens is 1. The molecule has 0 aliphatic heterocycles. The van der Waals surface area contributed by atoms with Gasteiger partial charge in [0.25, 0.3) is 0 Å². The Balaban J connectivity index is 3.19. The number of anilines is 2. The normalized spacial score (nSPS) is 11.2. The zero-order chi connectivity index (χ0) is 15.3. The Morgan fingerprint density at radius 2 is 2.05 bits per heavy atom. The maximum Gasteiger partial charge on any atom is 0.340 e. The van der Waals surface area contributed by atoms with Crippen LogP contribution in [0.1, 0.15) is 50.9 Å². The molecule has 20 heavy (non-hydrogen) atoms. The van der Waals surface area contributed by atoms with Gasteiger partial charge in [0.2, 0.25) is 0 Å². The fourth-order valence-corrected chi connectivity index (χ4v) is 2.43. The first kappa shape index (κ1) is 16.6. The van der Waals surface area contributed by atoms with Crippen molar-refractivity contribution < 1.29 is 9.53 Å². The van der Waals surface area contributed by atoms with Crippen LogP contribution in [-0.4, -0.2) is 18.1 Å². The summed E-state index contributed by atoms with van der Waals surface area (Å²) < 4.78 is 5.06. The number of nitrogen functional groups attached to an aromatic ring is 1. The van der Waals surface area contributed by atoms with Gasteiger partial charge < -0.3 is 15.8 Å². The van der Waals surface area contributed by atoms with Crippen LogP contribution in [0.25, 0.3) is 0 Å². The minimum Gasteiger partial charge on any atom is -0.462 e. The Labute approximate surface area is 125 Å². The van der Waals surface area contributed by atoms with E-state index in [1.807, 2.05) is 0 Å². The van der Waals surface area contributed by atoms with Crippen molar-refractivity contribution in [3.05, 3.63) is 22.7 Å². The van der Waals surface area contributed by atoms with Crippen molar-refractivity contribution in [3.8, 4) is 0 Å². The highest BCUT2D eigenvalue weighted by atomic mass is 35.5. The second kappa shape index (κ2) is 6.84. The van der Waals surface area contributed by atoms with E-state index in [0.717, 1.165) is 12.8 Å². The van der Waals surface area contributed by atoms with Crippen LogP contribution in [0.4, 0.5) is 11.4 Å². The molecule has 112 valence electrons. The zero-order valence-corrected chi connectivity index (χ0v) is 13.3. The van der Waals surface area contributed by atoms with Crippen molar-refractivity contribution >= 4 is 28.9 Å². The molecular formula is C15H23ClN2O2. The standard InChI is InChI=1S/C15H23ClN2O2/c1-5-7-15(3,4)18-13-11(14(19)20-6-2)8-10(17)9-12(13)16/h8-9,18H,5-7,17H2,1-4H3. The lowest BCUT2D eigenvalue weighted by atomic mass is 9.97. The largest absolute Gasteiger partial charge is 0.462 e. The molecule has 0 aliphatic carbocycles. The molecular weight excluding hydrogens is 276 g/mol. The van der Waals surface area contributed by atoms with E-state index in [1.54, 1.807) is 19.1 Å². The van der Waals surface area contributed by atoms with Crippen LogP contribution in [-0.2, 0) is 4.74 Å². The Bertz CT molecular complexity index is 487. The summed E-state index contributed by atoms with van der Waals surface area (Å²) in [4.78, 5) is 12.0. The van der Waals surface area contributed by atoms with Gasteiger partial charge >= 0.3 is 5.97 Å². The number of benzene rings is 1. The molecule has 0 amide bonds. The van der Waals surface area contributed by atoms with Gasteiger partial charge in [-0.3, -0.25) is 0 Å². The highest BCUT2D eigenvalue weighted by Crippen LogP contribution is 2.33. The summed E-state index contributed by atoms with van der Waals surface area (Å²) in [5.41, 5.74) is 6.99. The third-order valence-corrected chi connectivity index (χ3v) is 3.24. The van der Waals surface area contributed by atoms with E-state index in [2.05, 4.69) is 26.1 Å². The molecule has 0 radical (unpaired) electrons. The van der Waals surface area contributed by atoms with Crippen molar-refractivity contribution in [3.63, 3.8) is 0 Å². The van der Waals surface area contributed by atoms with E-state index in [9.17, 15) is 4.79 Å². The molecule has 0 fully saturated rings. The highest BCUT2D eigenvalue weighted by Gasteiger charge is 2.23. The first-order chi connectivity index (χ1) is 9.30. The third kappa shape index (κ3) is 4.30. The maximum atomic E-state index is 12.0. The molecule has 3 N–H and O–H groups in total. The van der Waals surface area contributed by atoms with Crippen LogP contribution in [0.15, 0.2) is 12.1 Å². The lowest BCUT2D eigenvalue weighted by molar-refractivity contribution is 0.0527. The van der Waals surface area contributed by atoms with Gasteiger partial charge in [-0.1, -0.05) is 24.9 Å². The van der Waals surface area contributed by atoms with E-state index in [4.69, 9.17) is 22.1 Å². The smallest absolute Gasteiger partial charge is 0.340 e. The Hall–Kier alpha value is -1.42. The van der Waals surface area contributed by atoms with Crippen molar-refractivity contribution in [2.45, 2.75) is 46.1 Å². The summed E-state index contributed by atoms with van der Waals surface area (Å²) in [6, 6.07) is 3.23. The topological polar surface area (TPSA) is 64.3 Å². The number of carbonyl (C=O) groups excluding carboxylic acids is 1. The summed E-state index contributed by atoms with van der Waals surface area (Å²) in [6.07, 6.45) is 1.98. The number of rotatable bonds is 6. The molecule has 1 aromatic rings. The van der Waals surface area contributed by atoms with Gasteiger partial charge in [0.1, 0.15) is 0 Å². The van der Waals surface area contributed by atoms with E-state index in [-0.39, 0.29) is 5.54 Å². The minimum atomic E-state index is -0.420. The van der Waals surface area contributed by atoms with E-state index in [1.165, 1.54) is 0 Å². The first-order valence-electron chi connectivity index (χ1n) is 6.85. The summed E-state index contributed by atoms with van der Waals surface area (Å²) in [5, 5.41) is 3.76. The first-order valence-corrected chi connectivity index (χ1v) is 7.23. The number of hydrogen-bond donors (Lipinski definition) is 2. The number of hydrogen-bond acceptors (Lipinski definition) is 4. The van der Waals surface area contributed by atoms with Crippen LogP contribution < -0.4 is 11.1 Å². The lowest BCUT2D eigenvalue weighted by Gasteiger charge is -2.29. The predicted octanol–water partition coefficient (Wildman–Crippen LogP) is 4.09. The van der Waals surface area contributed by atoms with Crippen molar-refractivity contribution in [1.29, 1.82) is 0 Å². The fraction of sp³-hybridized carbons (Fsp3) is 0.533. The van der Waals surface area contributed by atoms with Crippen LogP contribution in [0, 0.1) is 0 Å². The molecule has 1 aromatic carbocycles. The van der Waals surface area contributed by atoms with Crippen LogP contribution in [0.2, 0.25) is 5.02 Å².